The number of nitrogens with zero attached hydrogens (tertiary/aromatic N) is 1. The van der Waals surface area contributed by atoms with Crippen LogP contribution in [0.4, 0.5) is 0 Å². The van der Waals surface area contributed by atoms with Crippen LogP contribution in [0.5, 0.6) is 0 Å². The molecule has 0 saturated carbocycles. The number of amides is 1. The highest BCUT2D eigenvalue weighted by Gasteiger charge is 2.28. The third kappa shape index (κ3) is 2.14. The van der Waals surface area contributed by atoms with Crippen LogP contribution in [0.3, 0.4) is 0 Å². The lowest BCUT2D eigenvalue weighted by Crippen LogP contribution is -2.36. The minimum atomic E-state index is 0.181. The van der Waals surface area contributed by atoms with Gasteiger partial charge in [0, 0.05) is 23.5 Å². The van der Waals surface area contributed by atoms with Gasteiger partial charge in [0.25, 0.3) is 5.91 Å². The second-order valence-electron chi connectivity index (χ2n) is 4.26. The summed E-state index contributed by atoms with van der Waals surface area (Å²) in [5.41, 5.74) is 1.91. The first-order valence-electron chi connectivity index (χ1n) is 5.66. The molecule has 1 fully saturated rings. The molecule has 1 saturated heterocycles. The van der Waals surface area contributed by atoms with Crippen LogP contribution in [0.1, 0.15) is 28.8 Å². The fourth-order valence-corrected chi connectivity index (χ4v) is 2.90. The normalized spacial score (nSPS) is 20.1. The summed E-state index contributed by atoms with van der Waals surface area (Å²) >= 11 is 3.48. The van der Waals surface area contributed by atoms with Gasteiger partial charge < -0.3 is 4.90 Å². The van der Waals surface area contributed by atoms with Crippen molar-refractivity contribution in [3.8, 4) is 0 Å². The van der Waals surface area contributed by atoms with Gasteiger partial charge in [-0.05, 0) is 31.4 Å². The number of carbonyl (C=O) groups excluding carboxylic acids is 1. The summed E-state index contributed by atoms with van der Waals surface area (Å²) < 4.78 is 0. The number of likely N-dealkylation sites (tertiary alicyclic amines) is 1. The van der Waals surface area contributed by atoms with E-state index in [1.165, 1.54) is 0 Å². The van der Waals surface area contributed by atoms with E-state index < -0.39 is 0 Å². The number of hydrogen-bond acceptors (Lipinski definition) is 1. The molecule has 1 aliphatic heterocycles. The van der Waals surface area contributed by atoms with Crippen LogP contribution in [-0.2, 0) is 0 Å². The monoisotopic (exact) mass is 281 g/mol. The average molecular weight is 282 g/mol. The molecule has 1 aromatic rings. The number of benzene rings is 1. The van der Waals surface area contributed by atoms with Gasteiger partial charge in [-0.15, -0.1) is 0 Å². The number of rotatable bonds is 2. The van der Waals surface area contributed by atoms with Gasteiger partial charge in [0.05, 0.1) is 0 Å². The van der Waals surface area contributed by atoms with Crippen LogP contribution in [-0.4, -0.2) is 28.7 Å². The maximum Gasteiger partial charge on any atom is 0.254 e. The molecule has 0 N–H and O–H groups in total. The highest BCUT2D eigenvalue weighted by atomic mass is 79.9. The Balaban J connectivity index is 2.22. The SMILES string of the molecule is Cc1ccccc1C(=O)N1CCCC1CBr. The molecule has 2 rings (SSSR count). The van der Waals surface area contributed by atoms with Gasteiger partial charge in [-0.3, -0.25) is 4.79 Å². The molecular weight excluding hydrogens is 266 g/mol. The summed E-state index contributed by atoms with van der Waals surface area (Å²) in [7, 11) is 0. The lowest BCUT2D eigenvalue weighted by molar-refractivity contribution is 0.0750. The van der Waals surface area contributed by atoms with E-state index in [4.69, 9.17) is 0 Å². The summed E-state index contributed by atoms with van der Waals surface area (Å²) in [5, 5.41) is 0.880. The van der Waals surface area contributed by atoms with Crippen molar-refractivity contribution in [1.82, 2.24) is 4.90 Å². The molecule has 16 heavy (non-hydrogen) atoms. The maximum atomic E-state index is 12.3. The van der Waals surface area contributed by atoms with Crippen LogP contribution in [0, 0.1) is 6.92 Å². The third-order valence-electron chi connectivity index (χ3n) is 3.19. The zero-order valence-electron chi connectivity index (χ0n) is 9.45. The average Bonchev–Trinajstić information content (AvgIpc) is 2.77. The molecule has 0 aromatic heterocycles. The molecule has 1 unspecified atom stereocenters. The molecule has 2 nitrogen and oxygen atoms in total. The van der Waals surface area contributed by atoms with Gasteiger partial charge >= 0.3 is 0 Å². The van der Waals surface area contributed by atoms with Gasteiger partial charge in [0.15, 0.2) is 0 Å². The van der Waals surface area contributed by atoms with E-state index in [-0.39, 0.29) is 5.91 Å². The number of hydrogen-bond donors (Lipinski definition) is 0. The number of carbonyl (C=O) groups is 1. The lowest BCUT2D eigenvalue weighted by Gasteiger charge is -2.23. The number of alkyl halides is 1. The van der Waals surface area contributed by atoms with Crippen molar-refractivity contribution in [2.24, 2.45) is 0 Å². The van der Waals surface area contributed by atoms with Crippen LogP contribution >= 0.6 is 15.9 Å². The molecule has 1 heterocycles. The lowest BCUT2D eigenvalue weighted by atomic mass is 10.1. The fraction of sp³-hybridized carbons (Fsp3) is 0.462. The highest BCUT2D eigenvalue weighted by molar-refractivity contribution is 9.09. The smallest absolute Gasteiger partial charge is 0.254 e. The third-order valence-corrected chi connectivity index (χ3v) is 3.94. The molecule has 0 aliphatic carbocycles. The van der Waals surface area contributed by atoms with Crippen molar-refractivity contribution in [2.75, 3.05) is 11.9 Å². The predicted octanol–water partition coefficient (Wildman–Crippen LogP) is 2.99. The second-order valence-corrected chi connectivity index (χ2v) is 4.91. The molecule has 1 aromatic carbocycles. The summed E-state index contributed by atoms with van der Waals surface area (Å²) in [6, 6.07) is 8.18. The van der Waals surface area contributed by atoms with Crippen LogP contribution < -0.4 is 0 Å². The van der Waals surface area contributed by atoms with Crippen LogP contribution in [0.25, 0.3) is 0 Å². The molecule has 86 valence electrons. The maximum absolute atomic E-state index is 12.3. The quantitative estimate of drug-likeness (QED) is 0.764. The van der Waals surface area contributed by atoms with E-state index in [2.05, 4.69) is 15.9 Å². The van der Waals surface area contributed by atoms with Crippen molar-refractivity contribution < 1.29 is 4.79 Å². The van der Waals surface area contributed by atoms with Gasteiger partial charge in [-0.1, -0.05) is 34.1 Å². The minimum absolute atomic E-state index is 0.181. The Labute approximate surface area is 105 Å². The largest absolute Gasteiger partial charge is 0.335 e. The summed E-state index contributed by atoms with van der Waals surface area (Å²) in [4.78, 5) is 14.3. The van der Waals surface area contributed by atoms with Crippen molar-refractivity contribution >= 4 is 21.8 Å². The van der Waals surface area contributed by atoms with Gasteiger partial charge in [-0.25, -0.2) is 0 Å². The summed E-state index contributed by atoms with van der Waals surface area (Å²) in [6.07, 6.45) is 2.23. The van der Waals surface area contributed by atoms with Gasteiger partial charge in [0.2, 0.25) is 0 Å². The molecule has 3 heteroatoms. The first-order valence-corrected chi connectivity index (χ1v) is 6.78. The number of halogens is 1. The zero-order chi connectivity index (χ0) is 11.5. The summed E-state index contributed by atoms with van der Waals surface area (Å²) in [6.45, 7) is 2.88. The Hall–Kier alpha value is -0.830. The Morgan fingerprint density at radius 3 is 2.94 bits per heavy atom. The van der Waals surface area contributed by atoms with E-state index in [1.54, 1.807) is 0 Å². The summed E-state index contributed by atoms with van der Waals surface area (Å²) in [5.74, 6) is 0.181. The molecule has 0 radical (unpaired) electrons. The van der Waals surface area contributed by atoms with E-state index in [0.717, 1.165) is 35.8 Å². The molecule has 1 amide bonds. The Kier molecular flexibility index (Phi) is 3.64. The highest BCUT2D eigenvalue weighted by Crippen LogP contribution is 2.22. The molecular formula is C13H16BrNO. The molecule has 0 spiro atoms. The van der Waals surface area contributed by atoms with Crippen molar-refractivity contribution in [2.45, 2.75) is 25.8 Å². The van der Waals surface area contributed by atoms with Crippen LogP contribution in [0.2, 0.25) is 0 Å². The van der Waals surface area contributed by atoms with E-state index >= 15 is 0 Å². The fourth-order valence-electron chi connectivity index (χ4n) is 2.23. The van der Waals surface area contributed by atoms with Crippen molar-refractivity contribution in [3.63, 3.8) is 0 Å². The standard InChI is InChI=1S/C13H16BrNO/c1-10-5-2-3-7-12(10)13(16)15-8-4-6-11(15)9-14/h2-3,5,7,11H,4,6,8-9H2,1H3. The van der Waals surface area contributed by atoms with Crippen molar-refractivity contribution in [1.29, 1.82) is 0 Å². The first kappa shape index (κ1) is 11.6. The number of aryl methyl sites for hydroxylation is 1. The molecule has 1 aliphatic rings. The van der Waals surface area contributed by atoms with Gasteiger partial charge in [0.1, 0.15) is 0 Å². The van der Waals surface area contributed by atoms with E-state index in [9.17, 15) is 4.79 Å². The Morgan fingerprint density at radius 2 is 2.25 bits per heavy atom. The minimum Gasteiger partial charge on any atom is -0.335 e. The van der Waals surface area contributed by atoms with Gasteiger partial charge in [-0.2, -0.15) is 0 Å². The van der Waals surface area contributed by atoms with E-state index in [1.807, 2.05) is 36.1 Å². The first-order chi connectivity index (χ1) is 7.74. The topological polar surface area (TPSA) is 20.3 Å². The van der Waals surface area contributed by atoms with Crippen LogP contribution in [0.15, 0.2) is 24.3 Å². The Bertz CT molecular complexity index is 391. The predicted molar refractivity (Wildman–Crippen MR) is 69.0 cm³/mol. The second kappa shape index (κ2) is 5.00. The van der Waals surface area contributed by atoms with E-state index in [0.29, 0.717) is 6.04 Å². The zero-order valence-corrected chi connectivity index (χ0v) is 11.0. The molecule has 0 bridgehead atoms. The Morgan fingerprint density at radius 1 is 1.50 bits per heavy atom. The molecule has 1 atom stereocenters. The van der Waals surface area contributed by atoms with Crippen molar-refractivity contribution in [3.05, 3.63) is 35.4 Å².